The second-order valence-electron chi connectivity index (χ2n) is 4.42. The lowest BCUT2D eigenvalue weighted by atomic mass is 10.2. The maximum absolute atomic E-state index is 13.0. The van der Waals surface area contributed by atoms with Gasteiger partial charge in [-0.15, -0.1) is 0 Å². The molecule has 3 aromatic rings. The Morgan fingerprint density at radius 1 is 1.00 bits per heavy atom. The molecule has 104 valence electrons. The average Bonchev–Trinajstić information content (AvgIpc) is 2.88. The summed E-state index contributed by atoms with van der Waals surface area (Å²) >= 11 is 0. The molecule has 0 atom stereocenters. The van der Waals surface area contributed by atoms with E-state index in [9.17, 15) is 9.18 Å². The minimum absolute atomic E-state index is 0.325. The highest BCUT2D eigenvalue weighted by Gasteiger charge is 2.20. The minimum Gasteiger partial charge on any atom is -0.282 e. The first-order valence-electron chi connectivity index (χ1n) is 6.36. The maximum atomic E-state index is 13.0. The quantitative estimate of drug-likeness (QED) is 0.751. The largest absolute Gasteiger partial charge is 0.435 e. The van der Waals surface area contributed by atoms with Gasteiger partial charge in [-0.05, 0) is 33.7 Å². The number of nitrogens with one attached hydrogen (secondary N) is 1. The zero-order chi connectivity index (χ0) is 14.7. The molecule has 4 nitrogen and oxygen atoms in total. The van der Waals surface area contributed by atoms with Gasteiger partial charge < -0.3 is 0 Å². The fraction of sp³-hybridized carbons (Fsp3) is 0. The molecule has 0 unspecified atom stereocenters. The Labute approximate surface area is 119 Å². The first-order chi connectivity index (χ1) is 10.2. The van der Waals surface area contributed by atoms with Crippen molar-refractivity contribution in [2.75, 3.05) is 0 Å². The van der Waals surface area contributed by atoms with E-state index >= 15 is 0 Å². The first-order valence-corrected chi connectivity index (χ1v) is 6.36. The van der Waals surface area contributed by atoms with Crippen molar-refractivity contribution in [2.24, 2.45) is 0 Å². The van der Waals surface area contributed by atoms with Crippen LogP contribution in [0.3, 0.4) is 0 Å². The van der Waals surface area contributed by atoms with Crippen LogP contribution in [0, 0.1) is 5.82 Å². The Morgan fingerprint density at radius 3 is 2.43 bits per heavy atom. The summed E-state index contributed by atoms with van der Waals surface area (Å²) in [6.45, 7) is 0. The van der Waals surface area contributed by atoms with Gasteiger partial charge in [-0.1, -0.05) is 30.3 Å². The predicted octanol–water partition coefficient (Wildman–Crippen LogP) is 2.55. The van der Waals surface area contributed by atoms with Crippen molar-refractivity contribution in [3.8, 4) is 5.69 Å². The van der Waals surface area contributed by atoms with Crippen LogP contribution < -0.4 is 10.3 Å². The van der Waals surface area contributed by atoms with E-state index < -0.39 is 5.63 Å². The molecule has 3 rings (SSSR count). The van der Waals surface area contributed by atoms with Gasteiger partial charge in [0.25, 0.3) is 0 Å². The van der Waals surface area contributed by atoms with Gasteiger partial charge in [0.1, 0.15) is 5.82 Å². The summed E-state index contributed by atoms with van der Waals surface area (Å²) in [4.78, 5) is 11.8. The molecule has 21 heavy (non-hydrogen) atoms. The third-order valence-corrected chi connectivity index (χ3v) is 3.00. The van der Waals surface area contributed by atoms with Crippen LogP contribution in [-0.2, 0) is 0 Å². The van der Waals surface area contributed by atoms with E-state index in [1.807, 2.05) is 30.3 Å². The summed E-state index contributed by atoms with van der Waals surface area (Å²) in [6, 6.07) is 15.3. The number of aromatic nitrogens is 2. The highest BCUT2D eigenvalue weighted by molar-refractivity contribution is 5.66. The highest BCUT2D eigenvalue weighted by atomic mass is 19.1. The van der Waals surface area contributed by atoms with Gasteiger partial charge in [0, 0.05) is 18.2 Å². The normalized spacial score (nSPS) is 11.1. The molecule has 5 heteroatoms. The second kappa shape index (κ2) is 5.58. The standard InChI is InChI=1S/C16H11FN2O2/c17-13-7-9-14(10-8-13)19-15(16(20)21-18-19)11-6-12-4-2-1-3-5-12/h1-11H/p+1/b11-6+. The summed E-state index contributed by atoms with van der Waals surface area (Å²) in [5.41, 5.74) is 1.40. The fourth-order valence-electron chi connectivity index (χ4n) is 1.94. The van der Waals surface area contributed by atoms with Crippen molar-refractivity contribution in [3.05, 3.63) is 82.1 Å². The van der Waals surface area contributed by atoms with Gasteiger partial charge in [0.05, 0.1) is 0 Å². The van der Waals surface area contributed by atoms with Gasteiger partial charge >= 0.3 is 11.3 Å². The Balaban J connectivity index is 2.00. The van der Waals surface area contributed by atoms with Crippen molar-refractivity contribution in [3.63, 3.8) is 0 Å². The van der Waals surface area contributed by atoms with Crippen LogP contribution in [0.1, 0.15) is 11.3 Å². The van der Waals surface area contributed by atoms with Crippen LogP contribution in [0.4, 0.5) is 4.39 Å². The lowest BCUT2D eigenvalue weighted by molar-refractivity contribution is -0.672. The number of rotatable bonds is 3. The first kappa shape index (κ1) is 13.1. The molecule has 1 heterocycles. The molecule has 0 fully saturated rings. The van der Waals surface area contributed by atoms with Crippen molar-refractivity contribution in [2.45, 2.75) is 0 Å². The number of hydrogen-bond donors (Lipinski definition) is 1. The lowest BCUT2D eigenvalue weighted by Gasteiger charge is -1.92. The van der Waals surface area contributed by atoms with Crippen LogP contribution in [0.15, 0.2) is 63.9 Å². The van der Waals surface area contributed by atoms with Crippen LogP contribution in [0.5, 0.6) is 0 Å². The summed E-state index contributed by atoms with van der Waals surface area (Å²) in [6.07, 6.45) is 3.46. The molecule has 0 aliphatic carbocycles. The molecule has 0 saturated heterocycles. The molecule has 0 aliphatic rings. The van der Waals surface area contributed by atoms with Crippen LogP contribution in [0.2, 0.25) is 0 Å². The van der Waals surface area contributed by atoms with Crippen LogP contribution in [-0.4, -0.2) is 5.27 Å². The molecule has 0 bridgehead atoms. The van der Waals surface area contributed by atoms with E-state index in [0.29, 0.717) is 11.4 Å². The van der Waals surface area contributed by atoms with Gasteiger partial charge in [-0.25, -0.2) is 9.18 Å². The van der Waals surface area contributed by atoms with Crippen molar-refractivity contribution >= 4 is 12.2 Å². The topological polar surface area (TPSA) is 49.9 Å². The lowest BCUT2D eigenvalue weighted by Crippen LogP contribution is -2.36. The minimum atomic E-state index is -0.494. The summed E-state index contributed by atoms with van der Waals surface area (Å²) in [7, 11) is 0. The summed E-state index contributed by atoms with van der Waals surface area (Å²) in [5, 5.41) is 2.50. The molecule has 1 aromatic heterocycles. The van der Waals surface area contributed by atoms with Crippen molar-refractivity contribution in [1.82, 2.24) is 5.27 Å². The Morgan fingerprint density at radius 2 is 1.71 bits per heavy atom. The predicted molar refractivity (Wildman–Crippen MR) is 76.2 cm³/mol. The number of nitrogens with zero attached hydrogens (tertiary/aromatic N) is 1. The zero-order valence-electron chi connectivity index (χ0n) is 11.0. The van der Waals surface area contributed by atoms with Gasteiger partial charge in [-0.3, -0.25) is 4.52 Å². The molecule has 0 radical (unpaired) electrons. The number of H-pyrrole nitrogens is 1. The zero-order valence-corrected chi connectivity index (χ0v) is 11.0. The molecule has 0 amide bonds. The van der Waals surface area contributed by atoms with E-state index in [-0.39, 0.29) is 5.82 Å². The molecule has 0 saturated carbocycles. The van der Waals surface area contributed by atoms with E-state index in [2.05, 4.69) is 5.27 Å². The molecule has 2 aromatic carbocycles. The fourth-order valence-corrected chi connectivity index (χ4v) is 1.94. The SMILES string of the molecule is O=c1o[nH][n+](-c2ccc(F)cc2)c1/C=C/c1ccccc1. The number of aromatic amines is 1. The average molecular weight is 283 g/mol. The summed E-state index contributed by atoms with van der Waals surface area (Å²) in [5.74, 6) is -0.341. The second-order valence-corrected chi connectivity index (χ2v) is 4.42. The van der Waals surface area contributed by atoms with Crippen LogP contribution >= 0.6 is 0 Å². The maximum Gasteiger partial charge on any atom is 0.435 e. The Kier molecular flexibility index (Phi) is 3.47. The van der Waals surface area contributed by atoms with Crippen molar-refractivity contribution in [1.29, 1.82) is 0 Å². The van der Waals surface area contributed by atoms with E-state index in [1.165, 1.54) is 16.8 Å². The molecular weight excluding hydrogens is 271 g/mol. The van der Waals surface area contributed by atoms with E-state index in [1.54, 1.807) is 24.3 Å². The van der Waals surface area contributed by atoms with Crippen molar-refractivity contribution < 1.29 is 13.6 Å². The third-order valence-electron chi connectivity index (χ3n) is 3.00. The molecule has 1 N–H and O–H groups in total. The molecular formula is C16H12FN2O2+. The smallest absolute Gasteiger partial charge is 0.282 e. The monoisotopic (exact) mass is 283 g/mol. The van der Waals surface area contributed by atoms with Gasteiger partial charge in [0.2, 0.25) is 5.69 Å². The number of hydrogen-bond acceptors (Lipinski definition) is 2. The summed E-state index contributed by atoms with van der Waals surface area (Å²) < 4.78 is 19.2. The highest BCUT2D eigenvalue weighted by Crippen LogP contribution is 2.06. The van der Waals surface area contributed by atoms with Gasteiger partial charge in [-0.2, -0.15) is 0 Å². The van der Waals surface area contributed by atoms with Crippen LogP contribution in [0.25, 0.3) is 17.8 Å². The third kappa shape index (κ3) is 2.81. The van der Waals surface area contributed by atoms with Gasteiger partial charge in [0.15, 0.2) is 0 Å². The van der Waals surface area contributed by atoms with E-state index in [0.717, 1.165) is 5.56 Å². The van der Waals surface area contributed by atoms with E-state index in [4.69, 9.17) is 4.52 Å². The Hall–Kier alpha value is -2.95. The number of halogens is 1. The molecule has 0 spiro atoms. The number of benzene rings is 2. The Bertz CT molecular complexity index is 817. The molecule has 0 aliphatic heterocycles.